The second kappa shape index (κ2) is 9.09. The Hall–Kier alpha value is -2.16. The standard InChI is InChI=1S/C15H21NO7/c1-3-22-12(14(18)19)16(13(15(20)21)23-4-2)9-10-7-5-6-8-11(10)17/h5-8,12-13,17H,3-4,9H2,1-2H3,(H,18,19)(H,20,21). The van der Waals surface area contributed by atoms with Crippen LogP contribution < -0.4 is 0 Å². The molecule has 23 heavy (non-hydrogen) atoms. The Kier molecular flexibility index (Phi) is 7.46. The number of para-hydroxylation sites is 1. The van der Waals surface area contributed by atoms with E-state index in [0.29, 0.717) is 5.56 Å². The van der Waals surface area contributed by atoms with E-state index in [0.717, 1.165) is 4.90 Å². The number of ether oxygens (including phenoxy) is 2. The maximum atomic E-state index is 11.5. The van der Waals surface area contributed by atoms with Gasteiger partial charge in [-0.25, -0.2) is 14.5 Å². The van der Waals surface area contributed by atoms with Crippen molar-refractivity contribution >= 4 is 11.9 Å². The summed E-state index contributed by atoms with van der Waals surface area (Å²) in [6.45, 7) is 3.19. The van der Waals surface area contributed by atoms with Crippen LogP contribution in [0.4, 0.5) is 0 Å². The highest BCUT2D eigenvalue weighted by Crippen LogP contribution is 2.22. The van der Waals surface area contributed by atoms with Crippen LogP contribution in [0.2, 0.25) is 0 Å². The van der Waals surface area contributed by atoms with Gasteiger partial charge in [0.05, 0.1) is 0 Å². The van der Waals surface area contributed by atoms with E-state index < -0.39 is 24.4 Å². The summed E-state index contributed by atoms with van der Waals surface area (Å²) in [7, 11) is 0. The van der Waals surface area contributed by atoms with Gasteiger partial charge in [0.15, 0.2) is 0 Å². The summed E-state index contributed by atoms with van der Waals surface area (Å²) in [5.74, 6) is -2.75. The zero-order chi connectivity index (χ0) is 17.4. The number of hydrogen-bond donors (Lipinski definition) is 3. The molecule has 0 aromatic heterocycles. The molecule has 0 spiro atoms. The van der Waals surface area contributed by atoms with Crippen LogP contribution in [0.5, 0.6) is 5.75 Å². The Bertz CT molecular complexity index is 510. The van der Waals surface area contributed by atoms with Crippen molar-refractivity contribution in [3.8, 4) is 5.75 Å². The number of carbonyl (C=O) groups is 2. The number of nitrogens with zero attached hydrogens (tertiary/aromatic N) is 1. The number of rotatable bonds is 10. The second-order valence-corrected chi connectivity index (χ2v) is 4.59. The van der Waals surface area contributed by atoms with E-state index in [1.165, 1.54) is 6.07 Å². The van der Waals surface area contributed by atoms with Gasteiger partial charge < -0.3 is 24.8 Å². The average molecular weight is 327 g/mol. The molecule has 0 radical (unpaired) electrons. The molecule has 0 saturated heterocycles. The van der Waals surface area contributed by atoms with E-state index >= 15 is 0 Å². The largest absolute Gasteiger partial charge is 0.508 e. The Balaban J connectivity index is 3.20. The average Bonchev–Trinajstić information content (AvgIpc) is 2.50. The highest BCUT2D eigenvalue weighted by atomic mass is 16.6. The minimum absolute atomic E-state index is 0.0706. The van der Waals surface area contributed by atoms with Gasteiger partial charge in [0, 0.05) is 25.3 Å². The van der Waals surface area contributed by atoms with Gasteiger partial charge in [0.25, 0.3) is 0 Å². The molecular formula is C15H21NO7. The quantitative estimate of drug-likeness (QED) is 0.547. The van der Waals surface area contributed by atoms with E-state index in [1.54, 1.807) is 32.0 Å². The third-order valence-electron chi connectivity index (χ3n) is 3.02. The summed E-state index contributed by atoms with van der Waals surface area (Å²) >= 11 is 0. The number of carboxylic acid groups (broad SMARTS) is 2. The molecule has 128 valence electrons. The summed E-state index contributed by atoms with van der Waals surface area (Å²) in [6.07, 6.45) is -3.04. The van der Waals surface area contributed by atoms with Gasteiger partial charge in [0.2, 0.25) is 12.5 Å². The molecular weight excluding hydrogens is 306 g/mol. The normalized spacial score (nSPS) is 13.7. The van der Waals surface area contributed by atoms with Crippen LogP contribution in [-0.2, 0) is 25.6 Å². The summed E-state index contributed by atoms with van der Waals surface area (Å²) in [4.78, 5) is 24.0. The topological polar surface area (TPSA) is 117 Å². The van der Waals surface area contributed by atoms with Crippen molar-refractivity contribution < 1.29 is 34.4 Å². The van der Waals surface area contributed by atoms with Crippen molar-refractivity contribution in [2.24, 2.45) is 0 Å². The molecule has 0 aliphatic rings. The maximum Gasteiger partial charge on any atom is 0.348 e. The van der Waals surface area contributed by atoms with Crippen molar-refractivity contribution in [2.45, 2.75) is 32.8 Å². The number of phenols is 1. The van der Waals surface area contributed by atoms with Crippen LogP contribution in [0.15, 0.2) is 24.3 Å². The molecule has 3 N–H and O–H groups in total. The molecule has 0 amide bonds. The van der Waals surface area contributed by atoms with Crippen molar-refractivity contribution in [2.75, 3.05) is 13.2 Å². The van der Waals surface area contributed by atoms with Crippen LogP contribution >= 0.6 is 0 Å². The minimum Gasteiger partial charge on any atom is -0.508 e. The van der Waals surface area contributed by atoms with E-state index in [2.05, 4.69) is 0 Å². The molecule has 2 atom stereocenters. The second-order valence-electron chi connectivity index (χ2n) is 4.59. The predicted molar refractivity (Wildman–Crippen MR) is 79.7 cm³/mol. The molecule has 2 unspecified atom stereocenters. The van der Waals surface area contributed by atoms with Crippen molar-refractivity contribution in [3.63, 3.8) is 0 Å². The van der Waals surface area contributed by atoms with E-state index in [1.807, 2.05) is 0 Å². The zero-order valence-electron chi connectivity index (χ0n) is 13.0. The number of aromatic hydroxyl groups is 1. The molecule has 8 heteroatoms. The lowest BCUT2D eigenvalue weighted by molar-refractivity contribution is -0.198. The van der Waals surface area contributed by atoms with Gasteiger partial charge in [-0.05, 0) is 19.9 Å². The Morgan fingerprint density at radius 3 is 1.91 bits per heavy atom. The summed E-state index contributed by atoms with van der Waals surface area (Å²) in [6, 6.07) is 6.26. The SMILES string of the molecule is CCOC(C(=O)O)N(Cc1ccccc1O)C(OCC)C(=O)O. The molecule has 0 bridgehead atoms. The van der Waals surface area contributed by atoms with E-state index in [-0.39, 0.29) is 25.5 Å². The van der Waals surface area contributed by atoms with Crippen LogP contribution in [0.25, 0.3) is 0 Å². The van der Waals surface area contributed by atoms with E-state index in [9.17, 15) is 24.9 Å². The van der Waals surface area contributed by atoms with Gasteiger partial charge in [-0.1, -0.05) is 18.2 Å². The van der Waals surface area contributed by atoms with Gasteiger partial charge in [-0.3, -0.25) is 0 Å². The highest BCUT2D eigenvalue weighted by Gasteiger charge is 2.37. The van der Waals surface area contributed by atoms with Crippen LogP contribution in [0.3, 0.4) is 0 Å². The molecule has 1 aromatic carbocycles. The Morgan fingerprint density at radius 2 is 1.52 bits per heavy atom. The number of carboxylic acids is 2. The lowest BCUT2D eigenvalue weighted by Gasteiger charge is -2.32. The van der Waals surface area contributed by atoms with E-state index in [4.69, 9.17) is 9.47 Å². The molecule has 0 aliphatic carbocycles. The molecule has 0 fully saturated rings. The van der Waals surface area contributed by atoms with Crippen molar-refractivity contribution in [1.29, 1.82) is 0 Å². The molecule has 1 rings (SSSR count). The fourth-order valence-corrected chi connectivity index (χ4v) is 2.06. The third-order valence-corrected chi connectivity index (χ3v) is 3.02. The van der Waals surface area contributed by atoms with Crippen LogP contribution in [0.1, 0.15) is 19.4 Å². The smallest absolute Gasteiger partial charge is 0.348 e. The monoisotopic (exact) mass is 327 g/mol. The van der Waals surface area contributed by atoms with Gasteiger partial charge >= 0.3 is 11.9 Å². The third kappa shape index (κ3) is 5.20. The molecule has 0 heterocycles. The minimum atomic E-state index is -1.52. The van der Waals surface area contributed by atoms with Crippen molar-refractivity contribution in [1.82, 2.24) is 4.90 Å². The number of benzene rings is 1. The lowest BCUT2D eigenvalue weighted by atomic mass is 10.1. The van der Waals surface area contributed by atoms with Crippen molar-refractivity contribution in [3.05, 3.63) is 29.8 Å². The highest BCUT2D eigenvalue weighted by molar-refractivity contribution is 5.75. The molecule has 8 nitrogen and oxygen atoms in total. The fourth-order valence-electron chi connectivity index (χ4n) is 2.06. The summed E-state index contributed by atoms with van der Waals surface area (Å²) < 4.78 is 10.3. The first-order valence-electron chi connectivity index (χ1n) is 7.13. The number of aliphatic carboxylic acids is 2. The Morgan fingerprint density at radius 1 is 1.04 bits per heavy atom. The first-order valence-corrected chi connectivity index (χ1v) is 7.13. The van der Waals surface area contributed by atoms with Gasteiger partial charge in [-0.15, -0.1) is 0 Å². The number of hydrogen-bond acceptors (Lipinski definition) is 6. The molecule has 0 saturated carbocycles. The first kappa shape index (κ1) is 18.9. The first-order chi connectivity index (χ1) is 10.9. The fraction of sp³-hybridized carbons (Fsp3) is 0.467. The summed E-state index contributed by atoms with van der Waals surface area (Å²) in [5.41, 5.74) is 0.365. The van der Waals surface area contributed by atoms with Gasteiger partial charge in [-0.2, -0.15) is 0 Å². The Labute approximate surface area is 133 Å². The lowest BCUT2D eigenvalue weighted by Crippen LogP contribution is -2.52. The molecule has 0 aliphatic heterocycles. The maximum absolute atomic E-state index is 11.5. The zero-order valence-corrected chi connectivity index (χ0v) is 13.0. The van der Waals surface area contributed by atoms with Crippen LogP contribution in [0, 0.1) is 0 Å². The summed E-state index contributed by atoms with van der Waals surface area (Å²) in [5, 5.41) is 28.5. The van der Waals surface area contributed by atoms with Crippen LogP contribution in [-0.4, -0.2) is 57.8 Å². The van der Waals surface area contributed by atoms with Gasteiger partial charge in [0.1, 0.15) is 5.75 Å². The molecule has 1 aromatic rings. The predicted octanol–water partition coefficient (Wildman–Crippen LogP) is 1.09. The number of phenolic OH excluding ortho intramolecular Hbond substituents is 1.